The first-order chi connectivity index (χ1) is 7.16. The highest BCUT2D eigenvalue weighted by molar-refractivity contribution is 7.89. The molecule has 0 aromatic rings. The van der Waals surface area contributed by atoms with Crippen molar-refractivity contribution in [3.8, 4) is 0 Å². The minimum absolute atomic E-state index is 0.0126. The molecule has 98 valence electrons. The largest absolute Gasteiger partial charge is 0.392 e. The Morgan fingerprint density at radius 1 is 1.38 bits per heavy atom. The molecule has 0 radical (unpaired) electrons. The average Bonchev–Trinajstić information content (AvgIpc) is 2.09. The molecule has 6 heteroatoms. The van der Waals surface area contributed by atoms with E-state index in [1.165, 1.54) is 0 Å². The molecule has 4 nitrogen and oxygen atoms in total. The monoisotopic (exact) mass is 271 g/mol. The molecular weight excluding hydrogens is 250 g/mol. The number of hydrogen-bond donors (Lipinski definition) is 2. The number of sulfonamides is 1. The summed E-state index contributed by atoms with van der Waals surface area (Å²) in [5, 5.41) is 9.62. The fraction of sp³-hybridized carbons (Fsp3) is 1.00. The van der Waals surface area contributed by atoms with E-state index in [1.807, 2.05) is 20.8 Å². The molecule has 16 heavy (non-hydrogen) atoms. The van der Waals surface area contributed by atoms with Crippen LogP contribution in [0.25, 0.3) is 0 Å². The fourth-order valence-electron chi connectivity index (χ4n) is 1.32. The van der Waals surface area contributed by atoms with Gasteiger partial charge in [0.2, 0.25) is 10.0 Å². The van der Waals surface area contributed by atoms with Gasteiger partial charge in [-0.25, -0.2) is 13.1 Å². The Kier molecular flexibility index (Phi) is 6.86. The number of halogens is 1. The van der Waals surface area contributed by atoms with Gasteiger partial charge in [-0.1, -0.05) is 20.8 Å². The van der Waals surface area contributed by atoms with E-state index >= 15 is 0 Å². The van der Waals surface area contributed by atoms with Crippen molar-refractivity contribution in [1.29, 1.82) is 0 Å². The average molecular weight is 272 g/mol. The summed E-state index contributed by atoms with van der Waals surface area (Å²) in [5.41, 5.74) is -0.0129. The smallest absolute Gasteiger partial charge is 0.211 e. The third-order valence-corrected chi connectivity index (χ3v) is 3.63. The Labute approximate surface area is 103 Å². The molecule has 0 bridgehead atoms. The van der Waals surface area contributed by atoms with Crippen molar-refractivity contribution in [1.82, 2.24) is 4.72 Å². The van der Waals surface area contributed by atoms with Crippen LogP contribution < -0.4 is 4.72 Å². The maximum absolute atomic E-state index is 11.4. The van der Waals surface area contributed by atoms with Crippen molar-refractivity contribution in [3.05, 3.63) is 0 Å². The highest BCUT2D eigenvalue weighted by Gasteiger charge is 2.18. The summed E-state index contributed by atoms with van der Waals surface area (Å²) < 4.78 is 25.1. The Hall–Kier alpha value is 0.160. The predicted octanol–water partition coefficient (Wildman–Crippen LogP) is 1.33. The predicted molar refractivity (Wildman–Crippen MR) is 67.2 cm³/mol. The van der Waals surface area contributed by atoms with Gasteiger partial charge in [0.25, 0.3) is 0 Å². The third-order valence-electron chi connectivity index (χ3n) is 1.93. The molecule has 0 aliphatic carbocycles. The number of aliphatic hydroxyl groups excluding tert-OH is 1. The van der Waals surface area contributed by atoms with Crippen molar-refractivity contribution in [2.45, 2.75) is 39.7 Å². The quantitative estimate of drug-likeness (QED) is 0.687. The summed E-state index contributed by atoms with van der Waals surface area (Å²) in [6.45, 7) is 6.07. The Morgan fingerprint density at radius 2 is 1.94 bits per heavy atom. The molecule has 0 amide bonds. The highest BCUT2D eigenvalue weighted by atomic mass is 35.5. The van der Waals surface area contributed by atoms with E-state index in [9.17, 15) is 13.5 Å². The van der Waals surface area contributed by atoms with Crippen molar-refractivity contribution >= 4 is 21.6 Å². The second kappa shape index (κ2) is 6.79. The van der Waals surface area contributed by atoms with Crippen LogP contribution in [0, 0.1) is 5.41 Å². The Bertz CT molecular complexity index is 285. The molecule has 0 aliphatic heterocycles. The van der Waals surface area contributed by atoms with Crippen LogP contribution >= 0.6 is 11.6 Å². The molecule has 1 atom stereocenters. The van der Waals surface area contributed by atoms with Gasteiger partial charge in [-0.2, -0.15) is 0 Å². The van der Waals surface area contributed by atoms with Gasteiger partial charge in [0.05, 0.1) is 11.9 Å². The van der Waals surface area contributed by atoms with Gasteiger partial charge in [-0.15, -0.1) is 11.6 Å². The Morgan fingerprint density at radius 3 is 2.38 bits per heavy atom. The van der Waals surface area contributed by atoms with Crippen LogP contribution in [0.5, 0.6) is 0 Å². The van der Waals surface area contributed by atoms with Gasteiger partial charge in [0.15, 0.2) is 0 Å². The minimum Gasteiger partial charge on any atom is -0.392 e. The SMILES string of the molecule is CC(C)(C)CC(O)CNS(=O)(=O)CCCCl. The van der Waals surface area contributed by atoms with Crippen molar-refractivity contribution in [3.63, 3.8) is 0 Å². The summed E-state index contributed by atoms with van der Waals surface area (Å²) in [6.07, 6.45) is 0.336. The standard InChI is InChI=1S/C10H22ClNO3S/c1-10(2,3)7-9(13)8-12-16(14,15)6-4-5-11/h9,12-13H,4-8H2,1-3H3. The molecule has 0 saturated heterocycles. The van der Waals surface area contributed by atoms with Crippen LogP contribution in [0.2, 0.25) is 0 Å². The van der Waals surface area contributed by atoms with Crippen LogP contribution in [0.15, 0.2) is 0 Å². The van der Waals surface area contributed by atoms with Crippen LogP contribution in [0.1, 0.15) is 33.6 Å². The number of alkyl halides is 1. The van der Waals surface area contributed by atoms with Gasteiger partial charge in [-0.3, -0.25) is 0 Å². The normalized spacial score (nSPS) is 15.1. The summed E-state index contributed by atoms with van der Waals surface area (Å²) >= 11 is 5.42. The van der Waals surface area contributed by atoms with Crippen molar-refractivity contribution in [2.75, 3.05) is 18.2 Å². The third kappa shape index (κ3) is 9.39. The van der Waals surface area contributed by atoms with Crippen LogP contribution in [-0.2, 0) is 10.0 Å². The van der Waals surface area contributed by atoms with E-state index in [0.717, 1.165) is 0 Å². The topological polar surface area (TPSA) is 66.4 Å². The second-order valence-corrected chi connectivity index (χ2v) is 7.43. The lowest BCUT2D eigenvalue weighted by molar-refractivity contribution is 0.125. The number of hydrogen-bond acceptors (Lipinski definition) is 3. The van der Waals surface area contributed by atoms with E-state index in [-0.39, 0.29) is 17.7 Å². The van der Waals surface area contributed by atoms with Gasteiger partial charge < -0.3 is 5.11 Å². The van der Waals surface area contributed by atoms with Gasteiger partial charge in [-0.05, 0) is 18.3 Å². The number of nitrogens with one attached hydrogen (secondary N) is 1. The number of rotatable bonds is 7. The molecule has 0 saturated carbocycles. The van der Waals surface area contributed by atoms with Crippen LogP contribution in [0.3, 0.4) is 0 Å². The molecule has 0 fully saturated rings. The Balaban J connectivity index is 3.95. The van der Waals surface area contributed by atoms with E-state index < -0.39 is 16.1 Å². The summed E-state index contributed by atoms with van der Waals surface area (Å²) in [4.78, 5) is 0. The van der Waals surface area contributed by atoms with Gasteiger partial charge in [0.1, 0.15) is 0 Å². The molecular formula is C10H22ClNO3S. The van der Waals surface area contributed by atoms with Crippen molar-refractivity contribution in [2.24, 2.45) is 5.41 Å². The maximum Gasteiger partial charge on any atom is 0.211 e. The van der Waals surface area contributed by atoms with E-state index in [4.69, 9.17) is 11.6 Å². The zero-order valence-corrected chi connectivity index (χ0v) is 11.7. The first-order valence-corrected chi connectivity index (χ1v) is 7.56. The zero-order valence-electron chi connectivity index (χ0n) is 10.2. The first-order valence-electron chi connectivity index (χ1n) is 5.38. The lowest BCUT2D eigenvalue weighted by Crippen LogP contribution is -2.35. The molecule has 0 spiro atoms. The molecule has 0 aliphatic rings. The fourth-order valence-corrected chi connectivity index (χ4v) is 2.73. The van der Waals surface area contributed by atoms with E-state index in [1.54, 1.807) is 0 Å². The summed E-state index contributed by atoms with van der Waals surface area (Å²) in [5.74, 6) is 0.337. The molecule has 1 unspecified atom stereocenters. The van der Waals surface area contributed by atoms with Gasteiger partial charge in [0, 0.05) is 12.4 Å². The number of aliphatic hydroxyl groups is 1. The molecule has 2 N–H and O–H groups in total. The maximum atomic E-state index is 11.4. The van der Waals surface area contributed by atoms with E-state index in [2.05, 4.69) is 4.72 Å². The highest BCUT2D eigenvalue weighted by Crippen LogP contribution is 2.20. The molecule has 0 aromatic heterocycles. The second-order valence-electron chi connectivity index (χ2n) is 5.13. The van der Waals surface area contributed by atoms with Crippen LogP contribution in [-0.4, -0.2) is 37.8 Å². The van der Waals surface area contributed by atoms with Crippen molar-refractivity contribution < 1.29 is 13.5 Å². The molecule has 0 aromatic carbocycles. The molecule has 0 heterocycles. The zero-order chi connectivity index (χ0) is 12.8. The molecule has 0 rings (SSSR count). The lowest BCUT2D eigenvalue weighted by atomic mass is 9.89. The van der Waals surface area contributed by atoms with Gasteiger partial charge >= 0.3 is 0 Å². The summed E-state index contributed by atoms with van der Waals surface area (Å²) in [7, 11) is -3.29. The lowest BCUT2D eigenvalue weighted by Gasteiger charge is -2.22. The minimum atomic E-state index is -3.29. The van der Waals surface area contributed by atoms with Crippen LogP contribution in [0.4, 0.5) is 0 Å². The first kappa shape index (κ1) is 16.2. The summed E-state index contributed by atoms with van der Waals surface area (Å²) in [6, 6.07) is 0. The van der Waals surface area contributed by atoms with E-state index in [0.29, 0.717) is 18.7 Å².